The summed E-state index contributed by atoms with van der Waals surface area (Å²) >= 11 is 0. The van der Waals surface area contributed by atoms with Crippen LogP contribution >= 0.6 is 0 Å². The molecule has 0 unspecified atom stereocenters. The first-order valence-electron chi connectivity index (χ1n) is 9.04. The SMILES string of the molecule is CCC(=O)C1CCN(C(=O)C2CCN(C(=O)C(C)C)CC2)CC1. The van der Waals surface area contributed by atoms with Gasteiger partial charge in [0.1, 0.15) is 5.78 Å². The molecule has 5 heteroatoms. The van der Waals surface area contributed by atoms with Crippen molar-refractivity contribution in [2.24, 2.45) is 17.8 Å². The minimum atomic E-state index is 0.0254. The van der Waals surface area contributed by atoms with Gasteiger partial charge in [-0.15, -0.1) is 0 Å². The van der Waals surface area contributed by atoms with E-state index in [1.165, 1.54) is 0 Å². The highest BCUT2D eigenvalue weighted by atomic mass is 16.2. The van der Waals surface area contributed by atoms with Crippen molar-refractivity contribution < 1.29 is 14.4 Å². The normalized spacial score (nSPS) is 20.9. The highest BCUT2D eigenvalue weighted by Crippen LogP contribution is 2.25. The highest BCUT2D eigenvalue weighted by molar-refractivity contribution is 5.82. The summed E-state index contributed by atoms with van der Waals surface area (Å²) in [5, 5.41) is 0. The molecular formula is C18H30N2O3. The Morgan fingerprint density at radius 2 is 1.35 bits per heavy atom. The maximum Gasteiger partial charge on any atom is 0.225 e. The number of amides is 2. The van der Waals surface area contributed by atoms with Crippen LogP contribution in [0.1, 0.15) is 52.9 Å². The summed E-state index contributed by atoms with van der Waals surface area (Å²) in [5.41, 5.74) is 0. The average molecular weight is 322 g/mol. The molecule has 0 radical (unpaired) electrons. The fraction of sp³-hybridized carbons (Fsp3) is 0.833. The molecule has 0 spiro atoms. The summed E-state index contributed by atoms with van der Waals surface area (Å²) in [6.45, 7) is 8.55. The van der Waals surface area contributed by atoms with Gasteiger partial charge < -0.3 is 9.80 Å². The Morgan fingerprint density at radius 3 is 1.83 bits per heavy atom. The Kier molecular flexibility index (Phi) is 6.19. The zero-order valence-corrected chi connectivity index (χ0v) is 14.7. The first-order valence-corrected chi connectivity index (χ1v) is 9.04. The van der Waals surface area contributed by atoms with Crippen LogP contribution in [-0.4, -0.2) is 53.6 Å². The van der Waals surface area contributed by atoms with E-state index in [9.17, 15) is 14.4 Å². The molecule has 0 saturated carbocycles. The van der Waals surface area contributed by atoms with Gasteiger partial charge in [-0.05, 0) is 25.7 Å². The number of likely N-dealkylation sites (tertiary alicyclic amines) is 2. The van der Waals surface area contributed by atoms with Gasteiger partial charge in [0.25, 0.3) is 0 Å². The molecule has 23 heavy (non-hydrogen) atoms. The molecule has 5 nitrogen and oxygen atoms in total. The van der Waals surface area contributed by atoms with Gasteiger partial charge in [0.05, 0.1) is 0 Å². The number of rotatable bonds is 4. The molecule has 0 aliphatic carbocycles. The van der Waals surface area contributed by atoms with Crippen LogP contribution in [-0.2, 0) is 14.4 Å². The van der Waals surface area contributed by atoms with Gasteiger partial charge in [-0.25, -0.2) is 0 Å². The van der Waals surface area contributed by atoms with Crippen LogP contribution in [0.25, 0.3) is 0 Å². The number of hydrogen-bond donors (Lipinski definition) is 0. The van der Waals surface area contributed by atoms with E-state index in [2.05, 4.69) is 0 Å². The number of carbonyl (C=O) groups is 3. The number of carbonyl (C=O) groups excluding carboxylic acids is 3. The van der Waals surface area contributed by atoms with Gasteiger partial charge >= 0.3 is 0 Å². The van der Waals surface area contributed by atoms with Crippen LogP contribution in [0.5, 0.6) is 0 Å². The monoisotopic (exact) mass is 322 g/mol. The van der Waals surface area contributed by atoms with Crippen LogP contribution in [0.3, 0.4) is 0 Å². The molecule has 2 heterocycles. The molecule has 0 aromatic rings. The third-order valence-corrected chi connectivity index (χ3v) is 5.26. The zero-order valence-electron chi connectivity index (χ0n) is 14.7. The van der Waals surface area contributed by atoms with Crippen molar-refractivity contribution in [3.63, 3.8) is 0 Å². The Morgan fingerprint density at radius 1 is 0.870 bits per heavy atom. The fourth-order valence-electron chi connectivity index (χ4n) is 3.68. The number of Topliss-reactive ketones (excluding diaryl/α,β-unsaturated/α-hetero) is 1. The van der Waals surface area contributed by atoms with Gasteiger partial charge in [-0.2, -0.15) is 0 Å². The van der Waals surface area contributed by atoms with Gasteiger partial charge in [-0.1, -0.05) is 20.8 Å². The van der Waals surface area contributed by atoms with Gasteiger partial charge in [0.15, 0.2) is 0 Å². The van der Waals surface area contributed by atoms with Crippen LogP contribution in [0.2, 0.25) is 0 Å². The second-order valence-corrected chi connectivity index (χ2v) is 7.17. The van der Waals surface area contributed by atoms with Gasteiger partial charge in [-0.3, -0.25) is 14.4 Å². The van der Waals surface area contributed by atoms with Crippen molar-refractivity contribution in [2.45, 2.75) is 52.9 Å². The minimum absolute atomic E-state index is 0.0254. The molecule has 0 aromatic heterocycles. The average Bonchev–Trinajstić information content (AvgIpc) is 2.60. The van der Waals surface area contributed by atoms with Crippen LogP contribution in [0, 0.1) is 17.8 Å². The summed E-state index contributed by atoms with van der Waals surface area (Å²) in [7, 11) is 0. The zero-order chi connectivity index (χ0) is 17.0. The Hall–Kier alpha value is -1.39. The molecule has 2 aliphatic heterocycles. The predicted molar refractivity (Wildman–Crippen MR) is 88.7 cm³/mol. The summed E-state index contributed by atoms with van der Waals surface area (Å²) < 4.78 is 0. The third-order valence-electron chi connectivity index (χ3n) is 5.26. The molecular weight excluding hydrogens is 292 g/mol. The van der Waals surface area contributed by atoms with Crippen molar-refractivity contribution in [3.8, 4) is 0 Å². The van der Waals surface area contributed by atoms with E-state index in [4.69, 9.17) is 0 Å². The predicted octanol–water partition coefficient (Wildman–Crippen LogP) is 2.10. The van der Waals surface area contributed by atoms with E-state index in [0.29, 0.717) is 38.4 Å². The number of nitrogens with zero attached hydrogens (tertiary/aromatic N) is 2. The van der Waals surface area contributed by atoms with E-state index >= 15 is 0 Å². The summed E-state index contributed by atoms with van der Waals surface area (Å²) in [6, 6.07) is 0. The first kappa shape index (κ1) is 18.0. The topological polar surface area (TPSA) is 57.7 Å². The molecule has 2 saturated heterocycles. The van der Waals surface area contributed by atoms with Crippen LogP contribution in [0.15, 0.2) is 0 Å². The summed E-state index contributed by atoms with van der Waals surface area (Å²) in [6.07, 6.45) is 3.75. The minimum Gasteiger partial charge on any atom is -0.342 e. The molecule has 2 aliphatic rings. The van der Waals surface area contributed by atoms with E-state index in [0.717, 1.165) is 25.7 Å². The maximum absolute atomic E-state index is 12.6. The smallest absolute Gasteiger partial charge is 0.225 e. The van der Waals surface area contributed by atoms with Crippen molar-refractivity contribution >= 4 is 17.6 Å². The summed E-state index contributed by atoms with van der Waals surface area (Å²) in [5.74, 6) is 0.966. The van der Waals surface area contributed by atoms with Crippen molar-refractivity contribution in [1.82, 2.24) is 9.80 Å². The first-order chi connectivity index (χ1) is 10.9. The molecule has 2 fully saturated rings. The maximum atomic E-state index is 12.6. The lowest BCUT2D eigenvalue weighted by Gasteiger charge is -2.37. The van der Waals surface area contributed by atoms with Gasteiger partial charge in [0, 0.05) is 50.4 Å². The summed E-state index contributed by atoms with van der Waals surface area (Å²) in [4.78, 5) is 40.2. The van der Waals surface area contributed by atoms with E-state index in [1.54, 1.807) is 0 Å². The lowest BCUT2D eigenvalue weighted by Crippen LogP contribution is -2.47. The lowest BCUT2D eigenvalue weighted by atomic mass is 9.89. The second kappa shape index (κ2) is 7.93. The second-order valence-electron chi connectivity index (χ2n) is 7.17. The molecule has 0 atom stereocenters. The Balaban J connectivity index is 1.80. The number of hydrogen-bond acceptors (Lipinski definition) is 3. The van der Waals surface area contributed by atoms with Crippen molar-refractivity contribution in [1.29, 1.82) is 0 Å². The quantitative estimate of drug-likeness (QED) is 0.796. The lowest BCUT2D eigenvalue weighted by molar-refractivity contribution is -0.143. The standard InChI is InChI=1S/C18H30N2O3/c1-4-16(21)14-5-9-20(10-6-14)18(23)15-7-11-19(12-8-15)17(22)13(2)3/h13-15H,4-12H2,1-3H3. The fourth-order valence-corrected chi connectivity index (χ4v) is 3.68. The number of ketones is 1. The van der Waals surface area contributed by atoms with Crippen molar-refractivity contribution in [3.05, 3.63) is 0 Å². The molecule has 130 valence electrons. The van der Waals surface area contributed by atoms with E-state index in [-0.39, 0.29) is 29.6 Å². The van der Waals surface area contributed by atoms with Crippen LogP contribution < -0.4 is 0 Å². The highest BCUT2D eigenvalue weighted by Gasteiger charge is 2.33. The third kappa shape index (κ3) is 4.33. The van der Waals surface area contributed by atoms with Gasteiger partial charge in [0.2, 0.25) is 11.8 Å². The van der Waals surface area contributed by atoms with Crippen LogP contribution in [0.4, 0.5) is 0 Å². The largest absolute Gasteiger partial charge is 0.342 e. The molecule has 0 aromatic carbocycles. The Bertz CT molecular complexity index is 445. The van der Waals surface area contributed by atoms with Crippen molar-refractivity contribution in [2.75, 3.05) is 26.2 Å². The Labute approximate surface area is 139 Å². The number of piperidine rings is 2. The molecule has 0 N–H and O–H groups in total. The van der Waals surface area contributed by atoms with E-state index in [1.807, 2.05) is 30.6 Å². The molecule has 0 bridgehead atoms. The molecule has 2 amide bonds. The van der Waals surface area contributed by atoms with E-state index < -0.39 is 0 Å². The molecule has 2 rings (SSSR count).